The molecule has 2 atom stereocenters. The molecule has 2 rings (SSSR count). The first-order chi connectivity index (χ1) is 8.61. The van der Waals surface area contributed by atoms with Gasteiger partial charge in [-0.15, -0.1) is 6.42 Å². The second kappa shape index (κ2) is 5.17. The van der Waals surface area contributed by atoms with Crippen molar-refractivity contribution in [1.82, 2.24) is 9.80 Å². The maximum absolute atomic E-state index is 11.8. The van der Waals surface area contributed by atoms with Crippen LogP contribution in [0.4, 0.5) is 9.59 Å². The van der Waals surface area contributed by atoms with Crippen molar-refractivity contribution >= 4 is 12.2 Å². The zero-order chi connectivity index (χ0) is 13.1. The number of carbonyl (C=O) groups is 2. The van der Waals surface area contributed by atoms with Crippen molar-refractivity contribution in [3.63, 3.8) is 0 Å². The predicted molar refractivity (Wildman–Crippen MR) is 63.0 cm³/mol. The van der Waals surface area contributed by atoms with Gasteiger partial charge in [0.05, 0.1) is 12.6 Å². The number of ether oxygens (including phenoxy) is 1. The smallest absolute Gasteiger partial charge is 0.410 e. The van der Waals surface area contributed by atoms with Crippen LogP contribution >= 0.6 is 0 Å². The highest BCUT2D eigenvalue weighted by Gasteiger charge is 2.37. The van der Waals surface area contributed by atoms with Crippen LogP contribution in [0.3, 0.4) is 0 Å². The van der Waals surface area contributed by atoms with E-state index in [-0.39, 0.29) is 12.6 Å². The number of terminal acetylenes is 1. The maximum Gasteiger partial charge on any atom is 0.410 e. The Morgan fingerprint density at radius 1 is 1.33 bits per heavy atom. The second-order valence-corrected chi connectivity index (χ2v) is 4.55. The quantitative estimate of drug-likeness (QED) is 0.706. The third-order valence-electron chi connectivity index (χ3n) is 3.33. The summed E-state index contributed by atoms with van der Waals surface area (Å²) in [6.45, 7) is 1.59. The predicted octanol–water partition coefficient (Wildman–Crippen LogP) is 0.973. The molecule has 2 aliphatic heterocycles. The van der Waals surface area contributed by atoms with Crippen LogP contribution in [0.15, 0.2) is 0 Å². The fourth-order valence-electron chi connectivity index (χ4n) is 2.37. The first-order valence-electron chi connectivity index (χ1n) is 6.03. The molecule has 2 amide bonds. The van der Waals surface area contributed by atoms with Gasteiger partial charge in [-0.2, -0.15) is 0 Å². The van der Waals surface area contributed by atoms with Crippen molar-refractivity contribution in [3.05, 3.63) is 0 Å². The molecule has 0 saturated carbocycles. The molecule has 98 valence electrons. The standard InChI is InChI=1S/C12H16N2O4/c1-2-9-7-10(8-14(9)11(15)16)18-12(17)13-5-3-4-6-13/h1,9-10H,3-8H2,(H,15,16)/t9-,10-/m0/s1. The number of nitrogens with zero attached hydrogens (tertiary/aromatic N) is 2. The SMILES string of the molecule is C#C[C@H]1C[C@H](OC(=O)N2CCCC2)CN1C(=O)O. The summed E-state index contributed by atoms with van der Waals surface area (Å²) in [7, 11) is 0. The largest absolute Gasteiger partial charge is 0.465 e. The summed E-state index contributed by atoms with van der Waals surface area (Å²) in [5.74, 6) is 2.41. The lowest BCUT2D eigenvalue weighted by atomic mass is 10.2. The van der Waals surface area contributed by atoms with E-state index in [1.54, 1.807) is 4.90 Å². The fraction of sp³-hybridized carbons (Fsp3) is 0.667. The van der Waals surface area contributed by atoms with Crippen LogP contribution in [0, 0.1) is 12.3 Å². The summed E-state index contributed by atoms with van der Waals surface area (Å²) < 4.78 is 5.29. The van der Waals surface area contributed by atoms with E-state index in [0.717, 1.165) is 17.7 Å². The van der Waals surface area contributed by atoms with Gasteiger partial charge in [-0.1, -0.05) is 5.92 Å². The highest BCUT2D eigenvalue weighted by Crippen LogP contribution is 2.21. The van der Waals surface area contributed by atoms with Crippen LogP contribution in [0.5, 0.6) is 0 Å². The van der Waals surface area contributed by atoms with Crippen molar-refractivity contribution < 1.29 is 19.4 Å². The average Bonchev–Trinajstić information content (AvgIpc) is 2.97. The molecule has 2 heterocycles. The topological polar surface area (TPSA) is 70.1 Å². The first kappa shape index (κ1) is 12.6. The molecule has 0 radical (unpaired) electrons. The zero-order valence-corrected chi connectivity index (χ0v) is 10.0. The van der Waals surface area contributed by atoms with Gasteiger partial charge in [0.15, 0.2) is 0 Å². The molecule has 0 aromatic rings. The van der Waals surface area contributed by atoms with Crippen molar-refractivity contribution in [3.8, 4) is 12.3 Å². The van der Waals surface area contributed by atoms with E-state index in [9.17, 15) is 9.59 Å². The molecule has 0 unspecified atom stereocenters. The Bertz CT molecular complexity index is 384. The third-order valence-corrected chi connectivity index (χ3v) is 3.33. The molecule has 0 aliphatic carbocycles. The van der Waals surface area contributed by atoms with Gasteiger partial charge in [0, 0.05) is 19.5 Å². The molecule has 6 heteroatoms. The molecule has 6 nitrogen and oxygen atoms in total. The molecule has 0 bridgehead atoms. The summed E-state index contributed by atoms with van der Waals surface area (Å²) >= 11 is 0. The lowest BCUT2D eigenvalue weighted by molar-refractivity contribution is 0.0708. The Morgan fingerprint density at radius 3 is 2.50 bits per heavy atom. The van der Waals surface area contributed by atoms with Gasteiger partial charge in [0.1, 0.15) is 6.10 Å². The van der Waals surface area contributed by atoms with Gasteiger partial charge < -0.3 is 14.7 Å². The number of likely N-dealkylation sites (tertiary alicyclic amines) is 2. The van der Waals surface area contributed by atoms with Gasteiger partial charge in [-0.05, 0) is 12.8 Å². The monoisotopic (exact) mass is 252 g/mol. The molecule has 0 aromatic heterocycles. The summed E-state index contributed by atoms with van der Waals surface area (Å²) in [6.07, 6.45) is 5.77. The van der Waals surface area contributed by atoms with E-state index in [1.807, 2.05) is 0 Å². The molecular formula is C12H16N2O4. The number of hydrogen-bond donors (Lipinski definition) is 1. The normalized spacial score (nSPS) is 27.1. The Kier molecular flexibility index (Phi) is 3.60. The zero-order valence-electron chi connectivity index (χ0n) is 10.0. The summed E-state index contributed by atoms with van der Waals surface area (Å²) in [6, 6.07) is -0.501. The summed E-state index contributed by atoms with van der Waals surface area (Å²) in [4.78, 5) is 25.5. The van der Waals surface area contributed by atoms with Gasteiger partial charge in [-0.25, -0.2) is 9.59 Å². The Hall–Kier alpha value is -1.90. The third kappa shape index (κ3) is 2.50. The Morgan fingerprint density at radius 2 is 2.00 bits per heavy atom. The maximum atomic E-state index is 11.8. The molecule has 2 fully saturated rings. The van der Waals surface area contributed by atoms with Crippen molar-refractivity contribution in [2.45, 2.75) is 31.4 Å². The summed E-state index contributed by atoms with van der Waals surface area (Å²) in [5.41, 5.74) is 0. The molecular weight excluding hydrogens is 236 g/mol. The van der Waals surface area contributed by atoms with Crippen molar-refractivity contribution in [2.75, 3.05) is 19.6 Å². The van der Waals surface area contributed by atoms with Crippen LogP contribution in [0.1, 0.15) is 19.3 Å². The number of carbonyl (C=O) groups excluding carboxylic acids is 1. The average molecular weight is 252 g/mol. The van der Waals surface area contributed by atoms with Gasteiger partial charge in [0.2, 0.25) is 0 Å². The van der Waals surface area contributed by atoms with E-state index in [2.05, 4.69) is 5.92 Å². The highest BCUT2D eigenvalue weighted by atomic mass is 16.6. The summed E-state index contributed by atoms with van der Waals surface area (Å²) in [5, 5.41) is 8.96. The lowest BCUT2D eigenvalue weighted by Gasteiger charge is -2.18. The van der Waals surface area contributed by atoms with Crippen LogP contribution in [-0.2, 0) is 4.74 Å². The van der Waals surface area contributed by atoms with E-state index in [0.29, 0.717) is 19.5 Å². The van der Waals surface area contributed by atoms with Gasteiger partial charge >= 0.3 is 12.2 Å². The Labute approximate surface area is 105 Å². The number of hydrogen-bond acceptors (Lipinski definition) is 3. The fourth-order valence-corrected chi connectivity index (χ4v) is 2.37. The van der Waals surface area contributed by atoms with Crippen LogP contribution in [-0.4, -0.2) is 58.9 Å². The molecule has 18 heavy (non-hydrogen) atoms. The molecule has 2 aliphatic rings. The van der Waals surface area contributed by atoms with Crippen molar-refractivity contribution in [2.24, 2.45) is 0 Å². The number of amides is 2. The van der Waals surface area contributed by atoms with E-state index in [1.165, 1.54) is 0 Å². The van der Waals surface area contributed by atoms with Gasteiger partial charge in [0.25, 0.3) is 0 Å². The minimum atomic E-state index is -1.07. The number of rotatable bonds is 1. The molecule has 0 aromatic carbocycles. The van der Waals surface area contributed by atoms with E-state index in [4.69, 9.17) is 16.3 Å². The van der Waals surface area contributed by atoms with Crippen molar-refractivity contribution in [1.29, 1.82) is 0 Å². The second-order valence-electron chi connectivity index (χ2n) is 4.55. The van der Waals surface area contributed by atoms with Crippen LogP contribution in [0.2, 0.25) is 0 Å². The minimum absolute atomic E-state index is 0.157. The molecule has 1 N–H and O–H groups in total. The highest BCUT2D eigenvalue weighted by molar-refractivity contribution is 5.69. The first-order valence-corrected chi connectivity index (χ1v) is 6.03. The van der Waals surface area contributed by atoms with Gasteiger partial charge in [-0.3, -0.25) is 4.90 Å². The molecule has 2 saturated heterocycles. The number of carboxylic acid groups (broad SMARTS) is 1. The van der Waals surface area contributed by atoms with Crippen LogP contribution < -0.4 is 0 Å². The minimum Gasteiger partial charge on any atom is -0.465 e. The van der Waals surface area contributed by atoms with Crippen LogP contribution in [0.25, 0.3) is 0 Å². The van der Waals surface area contributed by atoms with E-state index >= 15 is 0 Å². The molecule has 0 spiro atoms. The lowest BCUT2D eigenvalue weighted by Crippen LogP contribution is -2.35. The Balaban J connectivity index is 1.89. The van der Waals surface area contributed by atoms with E-state index < -0.39 is 18.2 Å².